The van der Waals surface area contributed by atoms with E-state index >= 15 is 0 Å². The van der Waals surface area contributed by atoms with Crippen LogP contribution in [0.3, 0.4) is 0 Å². The van der Waals surface area contributed by atoms with Gasteiger partial charge in [0.05, 0.1) is 11.1 Å². The van der Waals surface area contributed by atoms with E-state index in [1.165, 1.54) is 12.1 Å². The standard InChI is InChI=1S/C26H26ClFN2O3/c1-18(19-3-5-20(6-4-19)21-15-23(27)17-29-16-21)30-13-12-26(11-2-14-31,33-25(30)32)22-7-9-24(28)10-8-22/h3-10,15-18,31H,2,11-14H2,1H3/t18-,26?/m0/s1. The number of ether oxygens (including phenoxy) is 1. The average Bonchev–Trinajstić information content (AvgIpc) is 2.83. The molecule has 3 aromatic rings. The summed E-state index contributed by atoms with van der Waals surface area (Å²) in [5, 5.41) is 9.93. The Hall–Kier alpha value is -2.96. The molecule has 2 atom stereocenters. The van der Waals surface area contributed by atoms with Crippen LogP contribution in [0.25, 0.3) is 11.1 Å². The van der Waals surface area contributed by atoms with Gasteiger partial charge < -0.3 is 14.7 Å². The smallest absolute Gasteiger partial charge is 0.411 e. The number of amides is 1. The number of halogens is 2. The lowest BCUT2D eigenvalue weighted by Gasteiger charge is -2.43. The van der Waals surface area contributed by atoms with Crippen molar-refractivity contribution >= 4 is 17.7 Å². The first-order valence-corrected chi connectivity index (χ1v) is 11.4. The highest BCUT2D eigenvalue weighted by atomic mass is 35.5. The van der Waals surface area contributed by atoms with Crippen LogP contribution in [0, 0.1) is 5.82 Å². The lowest BCUT2D eigenvalue weighted by molar-refractivity contribution is -0.0680. The minimum atomic E-state index is -0.868. The molecule has 4 rings (SSSR count). The molecule has 1 aromatic heterocycles. The van der Waals surface area contributed by atoms with E-state index in [0.29, 0.717) is 30.8 Å². The predicted octanol–water partition coefficient (Wildman–Crippen LogP) is 6.11. The zero-order valence-corrected chi connectivity index (χ0v) is 19.1. The summed E-state index contributed by atoms with van der Waals surface area (Å²) in [5.74, 6) is -0.342. The Morgan fingerprint density at radius 1 is 1.15 bits per heavy atom. The van der Waals surface area contributed by atoms with Crippen LogP contribution in [0.4, 0.5) is 9.18 Å². The number of aliphatic hydroxyl groups is 1. The molecular weight excluding hydrogens is 443 g/mol. The summed E-state index contributed by atoms with van der Waals surface area (Å²) in [5.41, 5.74) is 2.77. The van der Waals surface area contributed by atoms with Crippen molar-refractivity contribution in [1.82, 2.24) is 9.88 Å². The lowest BCUT2D eigenvalue weighted by atomic mass is 9.84. The fourth-order valence-corrected chi connectivity index (χ4v) is 4.54. The van der Waals surface area contributed by atoms with Gasteiger partial charge in [0, 0.05) is 37.5 Å². The number of rotatable bonds is 7. The molecule has 172 valence electrons. The summed E-state index contributed by atoms with van der Waals surface area (Å²) in [6.45, 7) is 2.45. The van der Waals surface area contributed by atoms with Crippen molar-refractivity contribution in [2.24, 2.45) is 0 Å². The van der Waals surface area contributed by atoms with Gasteiger partial charge in [0.1, 0.15) is 11.4 Å². The molecule has 1 fully saturated rings. The Labute approximate surface area is 197 Å². The van der Waals surface area contributed by atoms with Gasteiger partial charge >= 0.3 is 6.09 Å². The Morgan fingerprint density at radius 2 is 1.88 bits per heavy atom. The highest BCUT2D eigenvalue weighted by Crippen LogP contribution is 2.40. The molecule has 1 saturated heterocycles. The maximum absolute atomic E-state index is 13.5. The van der Waals surface area contributed by atoms with E-state index in [0.717, 1.165) is 22.3 Å². The number of cyclic esters (lactones) is 1. The highest BCUT2D eigenvalue weighted by molar-refractivity contribution is 6.30. The van der Waals surface area contributed by atoms with Gasteiger partial charge in [-0.2, -0.15) is 0 Å². The van der Waals surface area contributed by atoms with Crippen molar-refractivity contribution in [3.05, 3.63) is 89.0 Å². The van der Waals surface area contributed by atoms with Crippen LogP contribution in [0.5, 0.6) is 0 Å². The maximum atomic E-state index is 13.5. The van der Waals surface area contributed by atoms with E-state index in [2.05, 4.69) is 4.98 Å². The average molecular weight is 469 g/mol. The molecule has 2 heterocycles. The second kappa shape index (κ2) is 9.89. The highest BCUT2D eigenvalue weighted by Gasteiger charge is 2.43. The Balaban J connectivity index is 1.51. The molecular formula is C26H26ClFN2O3. The second-order valence-electron chi connectivity index (χ2n) is 8.33. The van der Waals surface area contributed by atoms with Gasteiger partial charge in [-0.3, -0.25) is 4.98 Å². The van der Waals surface area contributed by atoms with Crippen LogP contribution in [-0.4, -0.2) is 34.2 Å². The number of nitrogens with zero attached hydrogens (tertiary/aromatic N) is 2. The zero-order chi connectivity index (χ0) is 23.4. The molecule has 7 heteroatoms. The molecule has 1 amide bonds. The first kappa shape index (κ1) is 23.2. The molecule has 0 saturated carbocycles. The van der Waals surface area contributed by atoms with Gasteiger partial charge in [0.15, 0.2) is 0 Å². The minimum Gasteiger partial charge on any atom is -0.438 e. The van der Waals surface area contributed by atoms with Crippen LogP contribution in [-0.2, 0) is 10.3 Å². The molecule has 0 spiro atoms. The summed E-state index contributed by atoms with van der Waals surface area (Å²) < 4.78 is 19.4. The fraction of sp³-hybridized carbons (Fsp3) is 0.308. The summed E-state index contributed by atoms with van der Waals surface area (Å²) >= 11 is 6.05. The summed E-state index contributed by atoms with van der Waals surface area (Å²) in [6.07, 6.45) is 4.45. The Morgan fingerprint density at radius 3 is 2.52 bits per heavy atom. The number of carbonyl (C=O) groups is 1. The van der Waals surface area contributed by atoms with Gasteiger partial charge in [-0.05, 0) is 54.7 Å². The number of aliphatic hydroxyl groups excluding tert-OH is 1. The molecule has 0 radical (unpaired) electrons. The van der Waals surface area contributed by atoms with Gasteiger partial charge in [-0.25, -0.2) is 9.18 Å². The van der Waals surface area contributed by atoms with Crippen LogP contribution >= 0.6 is 11.6 Å². The van der Waals surface area contributed by atoms with Crippen LogP contribution in [0.2, 0.25) is 5.02 Å². The predicted molar refractivity (Wildman–Crippen MR) is 125 cm³/mol. The van der Waals surface area contributed by atoms with Crippen molar-refractivity contribution in [3.63, 3.8) is 0 Å². The van der Waals surface area contributed by atoms with E-state index in [4.69, 9.17) is 16.3 Å². The molecule has 1 N–H and O–H groups in total. The van der Waals surface area contributed by atoms with Crippen molar-refractivity contribution in [2.75, 3.05) is 13.2 Å². The van der Waals surface area contributed by atoms with E-state index in [1.807, 2.05) is 37.3 Å². The third-order valence-corrected chi connectivity index (χ3v) is 6.49. The maximum Gasteiger partial charge on any atom is 0.411 e. The summed E-state index contributed by atoms with van der Waals surface area (Å²) in [6, 6.07) is 15.7. The molecule has 1 aliphatic rings. The van der Waals surface area contributed by atoms with Gasteiger partial charge in [-0.1, -0.05) is 48.0 Å². The zero-order valence-electron chi connectivity index (χ0n) is 18.4. The molecule has 1 aliphatic heterocycles. The molecule has 1 unspecified atom stereocenters. The SMILES string of the molecule is C[C@@H](c1ccc(-c2cncc(Cl)c2)cc1)N1CCC(CCCO)(c2ccc(F)cc2)OC1=O. The molecule has 0 aliphatic carbocycles. The van der Waals surface area contributed by atoms with E-state index in [-0.39, 0.29) is 18.5 Å². The minimum absolute atomic E-state index is 0.00485. The lowest BCUT2D eigenvalue weighted by Crippen LogP contribution is -2.48. The quantitative estimate of drug-likeness (QED) is 0.454. The van der Waals surface area contributed by atoms with E-state index in [9.17, 15) is 14.3 Å². The van der Waals surface area contributed by atoms with Crippen molar-refractivity contribution < 1.29 is 19.0 Å². The van der Waals surface area contributed by atoms with Crippen LogP contribution in [0.15, 0.2) is 67.0 Å². The van der Waals surface area contributed by atoms with Gasteiger partial charge in [-0.15, -0.1) is 0 Å². The number of hydrogen-bond donors (Lipinski definition) is 1. The second-order valence-corrected chi connectivity index (χ2v) is 8.77. The first-order valence-electron chi connectivity index (χ1n) is 11.0. The van der Waals surface area contributed by atoms with Crippen molar-refractivity contribution in [3.8, 4) is 11.1 Å². The number of pyridine rings is 1. The largest absolute Gasteiger partial charge is 0.438 e. The first-order chi connectivity index (χ1) is 15.9. The molecule has 33 heavy (non-hydrogen) atoms. The van der Waals surface area contributed by atoms with Gasteiger partial charge in [0.25, 0.3) is 0 Å². The number of carbonyl (C=O) groups excluding carboxylic acids is 1. The normalized spacial score (nSPS) is 19.3. The third kappa shape index (κ3) is 5.02. The third-order valence-electron chi connectivity index (χ3n) is 6.28. The summed E-state index contributed by atoms with van der Waals surface area (Å²) in [7, 11) is 0. The monoisotopic (exact) mass is 468 g/mol. The Bertz CT molecular complexity index is 1110. The molecule has 5 nitrogen and oxygen atoms in total. The number of benzene rings is 2. The number of hydrogen-bond acceptors (Lipinski definition) is 4. The van der Waals surface area contributed by atoms with E-state index < -0.39 is 11.7 Å². The summed E-state index contributed by atoms with van der Waals surface area (Å²) in [4.78, 5) is 18.9. The fourth-order valence-electron chi connectivity index (χ4n) is 4.37. The topological polar surface area (TPSA) is 62.7 Å². The number of aromatic nitrogens is 1. The van der Waals surface area contributed by atoms with Crippen molar-refractivity contribution in [1.29, 1.82) is 0 Å². The molecule has 2 aromatic carbocycles. The van der Waals surface area contributed by atoms with Crippen LogP contribution in [0.1, 0.15) is 43.4 Å². The Kier molecular flexibility index (Phi) is 6.96. The van der Waals surface area contributed by atoms with E-state index in [1.54, 1.807) is 29.4 Å². The van der Waals surface area contributed by atoms with Gasteiger partial charge in [0.2, 0.25) is 0 Å². The van der Waals surface area contributed by atoms with Crippen molar-refractivity contribution in [2.45, 2.75) is 37.8 Å². The van der Waals surface area contributed by atoms with Crippen LogP contribution < -0.4 is 0 Å². The molecule has 0 bridgehead atoms.